The first-order valence-electron chi connectivity index (χ1n) is 7.39. The Labute approximate surface area is 153 Å². The van der Waals surface area contributed by atoms with Crippen molar-refractivity contribution in [2.45, 2.75) is 11.4 Å². The zero-order valence-electron chi connectivity index (χ0n) is 13.2. The summed E-state index contributed by atoms with van der Waals surface area (Å²) in [6.07, 6.45) is 0. The number of amides is 1. The summed E-state index contributed by atoms with van der Waals surface area (Å²) in [4.78, 5) is 11.7. The van der Waals surface area contributed by atoms with E-state index in [1.807, 2.05) is 6.07 Å². The lowest BCUT2D eigenvalue weighted by atomic mass is 10.3. The number of benzene rings is 2. The molecule has 3 aromatic rings. The minimum Gasteiger partial charge on any atom is -0.320 e. The Balaban J connectivity index is 1.65. The zero-order valence-corrected chi connectivity index (χ0v) is 14.8. The molecule has 0 fully saturated rings. The van der Waals surface area contributed by atoms with Gasteiger partial charge in [0.1, 0.15) is 15.7 Å². The highest BCUT2D eigenvalue weighted by Crippen LogP contribution is 2.16. The fourth-order valence-corrected chi connectivity index (χ4v) is 3.85. The fourth-order valence-electron chi connectivity index (χ4n) is 2.02. The monoisotopic (exact) mass is 392 g/mol. The number of nitrogens with one attached hydrogen (secondary N) is 2. The first kappa shape index (κ1) is 18.1. The number of aromatic nitrogens is 2. The third kappa shape index (κ3) is 4.28. The van der Waals surface area contributed by atoms with Gasteiger partial charge in [-0.2, -0.15) is 0 Å². The van der Waals surface area contributed by atoms with Crippen LogP contribution in [0.4, 0.5) is 10.1 Å². The number of anilines is 1. The van der Waals surface area contributed by atoms with Crippen molar-refractivity contribution < 1.29 is 17.6 Å². The summed E-state index contributed by atoms with van der Waals surface area (Å²) in [6.45, 7) is -0.201. The van der Waals surface area contributed by atoms with E-state index in [0.717, 1.165) is 23.5 Å². The van der Waals surface area contributed by atoms with Gasteiger partial charge in [0, 0.05) is 5.69 Å². The molecule has 0 atom stereocenters. The second-order valence-corrected chi connectivity index (χ2v) is 7.87. The van der Waals surface area contributed by atoms with Gasteiger partial charge in [-0.25, -0.2) is 17.5 Å². The summed E-state index contributed by atoms with van der Waals surface area (Å²) in [6, 6.07) is 13.9. The first-order chi connectivity index (χ1) is 12.5. The van der Waals surface area contributed by atoms with Crippen molar-refractivity contribution in [2.75, 3.05) is 5.32 Å². The number of carbonyl (C=O) groups excluding carboxylic acids is 1. The number of halogens is 1. The van der Waals surface area contributed by atoms with Gasteiger partial charge in [-0.05, 0) is 24.3 Å². The highest BCUT2D eigenvalue weighted by Gasteiger charge is 2.20. The Kier molecular flexibility index (Phi) is 5.35. The van der Waals surface area contributed by atoms with Crippen LogP contribution in [0.25, 0.3) is 0 Å². The molecule has 7 nitrogen and oxygen atoms in total. The van der Waals surface area contributed by atoms with Crippen LogP contribution in [-0.2, 0) is 16.6 Å². The number of rotatable bonds is 6. The van der Waals surface area contributed by atoms with E-state index in [-0.39, 0.29) is 16.6 Å². The van der Waals surface area contributed by atoms with Gasteiger partial charge in [0.25, 0.3) is 5.91 Å². The molecule has 0 spiro atoms. The Hall–Kier alpha value is -2.69. The third-order valence-corrected chi connectivity index (χ3v) is 5.59. The summed E-state index contributed by atoms with van der Waals surface area (Å²) in [7, 11) is -4.04. The molecule has 0 unspecified atom stereocenters. The van der Waals surface area contributed by atoms with E-state index in [1.54, 1.807) is 24.3 Å². The van der Waals surface area contributed by atoms with E-state index in [9.17, 15) is 17.6 Å². The average Bonchev–Trinajstić information content (AvgIpc) is 3.10. The molecule has 1 amide bonds. The maximum atomic E-state index is 13.6. The Morgan fingerprint density at radius 1 is 1.04 bits per heavy atom. The maximum absolute atomic E-state index is 13.6. The lowest BCUT2D eigenvalue weighted by molar-refractivity contribution is 0.102. The quantitative estimate of drug-likeness (QED) is 0.671. The van der Waals surface area contributed by atoms with E-state index >= 15 is 0 Å². The molecular formula is C16H13FN4O3S2. The van der Waals surface area contributed by atoms with E-state index in [4.69, 9.17) is 0 Å². The van der Waals surface area contributed by atoms with Gasteiger partial charge in [-0.15, -0.1) is 10.2 Å². The van der Waals surface area contributed by atoms with Gasteiger partial charge in [-0.3, -0.25) is 4.79 Å². The van der Waals surface area contributed by atoms with E-state index in [0.29, 0.717) is 5.69 Å². The van der Waals surface area contributed by atoms with Crippen molar-refractivity contribution in [3.8, 4) is 0 Å². The molecule has 0 aliphatic heterocycles. The van der Waals surface area contributed by atoms with Gasteiger partial charge in [0.05, 0.1) is 6.54 Å². The summed E-state index contributed by atoms with van der Waals surface area (Å²) in [5.74, 6) is -1.29. The molecule has 3 rings (SSSR count). The number of carbonyl (C=O) groups is 1. The molecule has 0 radical (unpaired) electrons. The Bertz CT molecular complexity index is 1020. The highest BCUT2D eigenvalue weighted by atomic mass is 32.2. The smallest absolute Gasteiger partial charge is 0.286 e. The number of hydrogen-bond donors (Lipinski definition) is 2. The Morgan fingerprint density at radius 2 is 1.73 bits per heavy atom. The fraction of sp³-hybridized carbons (Fsp3) is 0.0625. The largest absolute Gasteiger partial charge is 0.320 e. The molecule has 0 saturated heterocycles. The molecule has 0 aliphatic carbocycles. The van der Waals surface area contributed by atoms with Crippen LogP contribution in [-0.4, -0.2) is 24.5 Å². The molecule has 0 aliphatic rings. The molecule has 134 valence electrons. The van der Waals surface area contributed by atoms with Gasteiger partial charge in [-0.1, -0.05) is 41.7 Å². The van der Waals surface area contributed by atoms with E-state index in [1.165, 1.54) is 12.1 Å². The summed E-state index contributed by atoms with van der Waals surface area (Å²) >= 11 is 0.945. The molecule has 26 heavy (non-hydrogen) atoms. The van der Waals surface area contributed by atoms with Gasteiger partial charge < -0.3 is 5.32 Å². The van der Waals surface area contributed by atoms with Crippen molar-refractivity contribution in [3.63, 3.8) is 0 Å². The number of para-hydroxylation sites is 1. The molecule has 1 heterocycles. The van der Waals surface area contributed by atoms with Crippen LogP contribution < -0.4 is 10.0 Å². The standard InChI is InChI=1S/C16H13FN4O3S2/c17-12-8-4-5-9-13(12)26(23,24)18-10-14-20-21-16(25-14)15(22)19-11-6-2-1-3-7-11/h1-9,18H,10H2,(H,19,22). The summed E-state index contributed by atoms with van der Waals surface area (Å²) in [5.41, 5.74) is 0.606. The van der Waals surface area contributed by atoms with Crippen LogP contribution in [0.15, 0.2) is 59.5 Å². The van der Waals surface area contributed by atoms with Crippen LogP contribution >= 0.6 is 11.3 Å². The number of nitrogens with zero attached hydrogens (tertiary/aromatic N) is 2. The first-order valence-corrected chi connectivity index (χ1v) is 9.68. The molecule has 0 saturated carbocycles. The number of hydrogen-bond acceptors (Lipinski definition) is 6. The van der Waals surface area contributed by atoms with Crippen LogP contribution in [0.1, 0.15) is 14.8 Å². The van der Waals surface area contributed by atoms with Crippen molar-refractivity contribution >= 4 is 33.0 Å². The normalized spacial score (nSPS) is 11.3. The second-order valence-electron chi connectivity index (χ2n) is 5.08. The zero-order chi connectivity index (χ0) is 18.6. The lowest BCUT2D eigenvalue weighted by Crippen LogP contribution is -2.24. The van der Waals surface area contributed by atoms with E-state index in [2.05, 4.69) is 20.2 Å². The summed E-state index contributed by atoms with van der Waals surface area (Å²) < 4.78 is 40.1. The molecular weight excluding hydrogens is 379 g/mol. The molecule has 10 heteroatoms. The molecule has 1 aromatic heterocycles. The second kappa shape index (κ2) is 7.68. The lowest BCUT2D eigenvalue weighted by Gasteiger charge is -2.05. The SMILES string of the molecule is O=C(Nc1ccccc1)c1nnc(CNS(=O)(=O)c2ccccc2F)s1. The molecule has 2 aromatic carbocycles. The maximum Gasteiger partial charge on any atom is 0.286 e. The van der Waals surface area contributed by atoms with Gasteiger partial charge >= 0.3 is 0 Å². The van der Waals surface area contributed by atoms with Crippen molar-refractivity contribution in [2.24, 2.45) is 0 Å². The predicted molar refractivity (Wildman–Crippen MR) is 94.7 cm³/mol. The molecule has 0 bridgehead atoms. The average molecular weight is 392 g/mol. The molecule has 2 N–H and O–H groups in total. The van der Waals surface area contributed by atoms with Crippen molar-refractivity contribution in [3.05, 3.63) is 70.4 Å². The summed E-state index contributed by atoms with van der Waals surface area (Å²) in [5, 5.41) is 10.6. The van der Waals surface area contributed by atoms with Crippen LogP contribution in [0, 0.1) is 5.82 Å². The van der Waals surface area contributed by atoms with Crippen LogP contribution in [0.2, 0.25) is 0 Å². The minimum absolute atomic E-state index is 0.0916. The van der Waals surface area contributed by atoms with Crippen molar-refractivity contribution in [1.82, 2.24) is 14.9 Å². The van der Waals surface area contributed by atoms with Crippen molar-refractivity contribution in [1.29, 1.82) is 0 Å². The van der Waals surface area contributed by atoms with Crippen LogP contribution in [0.5, 0.6) is 0 Å². The highest BCUT2D eigenvalue weighted by molar-refractivity contribution is 7.89. The minimum atomic E-state index is -4.04. The van der Waals surface area contributed by atoms with Gasteiger partial charge in [0.2, 0.25) is 15.0 Å². The topological polar surface area (TPSA) is 101 Å². The van der Waals surface area contributed by atoms with Crippen LogP contribution in [0.3, 0.4) is 0 Å². The van der Waals surface area contributed by atoms with Gasteiger partial charge in [0.15, 0.2) is 0 Å². The van der Waals surface area contributed by atoms with E-state index < -0.39 is 26.6 Å². The third-order valence-electron chi connectivity index (χ3n) is 3.23. The predicted octanol–water partition coefficient (Wildman–Crippen LogP) is 2.41. The Morgan fingerprint density at radius 3 is 2.46 bits per heavy atom. The number of sulfonamides is 1.